The quantitative estimate of drug-likeness (QED) is 0.630. The van der Waals surface area contributed by atoms with Crippen LogP contribution < -0.4 is 16.6 Å². The van der Waals surface area contributed by atoms with Gasteiger partial charge in [-0.3, -0.25) is 9.78 Å². The summed E-state index contributed by atoms with van der Waals surface area (Å²) in [7, 11) is 0. The Bertz CT molecular complexity index is 883. The number of hydrogen-bond donors (Lipinski definition) is 3. The van der Waals surface area contributed by atoms with E-state index in [2.05, 4.69) is 15.3 Å². The van der Waals surface area contributed by atoms with Gasteiger partial charge in [0.2, 0.25) is 5.95 Å². The van der Waals surface area contributed by atoms with Gasteiger partial charge < -0.3 is 11.1 Å². The van der Waals surface area contributed by atoms with E-state index in [9.17, 15) is 4.79 Å². The largest absolute Gasteiger partial charge is 0.399 e. The second-order valence-corrected chi connectivity index (χ2v) is 5.13. The van der Waals surface area contributed by atoms with E-state index in [0.717, 1.165) is 16.8 Å². The number of fused-ring (bicyclic) bond motifs is 1. The lowest BCUT2D eigenvalue weighted by atomic mass is 10.1. The lowest BCUT2D eigenvalue weighted by molar-refractivity contribution is 1.16. The van der Waals surface area contributed by atoms with Crippen LogP contribution in [0.4, 0.5) is 17.3 Å². The molecule has 5 nitrogen and oxygen atoms in total. The molecule has 0 aliphatic rings. The van der Waals surface area contributed by atoms with Crippen LogP contribution in [0.5, 0.6) is 0 Å². The summed E-state index contributed by atoms with van der Waals surface area (Å²) in [5, 5.41) is 3.65. The SMILES string of the molecule is Cc1ccc(C)c(Nc2nc3ccc(N)cc3c(=O)[nH]2)c1. The van der Waals surface area contributed by atoms with Crippen LogP contribution in [0, 0.1) is 13.8 Å². The number of aromatic amines is 1. The molecule has 0 aliphatic carbocycles. The summed E-state index contributed by atoms with van der Waals surface area (Å²) in [5.41, 5.74) is 9.79. The number of rotatable bonds is 2. The van der Waals surface area contributed by atoms with E-state index in [0.29, 0.717) is 22.5 Å². The molecule has 4 N–H and O–H groups in total. The zero-order valence-corrected chi connectivity index (χ0v) is 11.9. The first kappa shape index (κ1) is 13.2. The molecule has 5 heteroatoms. The van der Waals surface area contributed by atoms with E-state index in [1.807, 2.05) is 32.0 Å². The van der Waals surface area contributed by atoms with E-state index in [-0.39, 0.29) is 5.56 Å². The standard InChI is InChI=1S/C16H16N4O/c1-9-3-4-10(2)14(7-9)19-16-18-13-6-5-11(17)8-12(13)15(21)20-16/h3-8H,17H2,1-2H3,(H2,18,19,20,21). The molecule has 0 spiro atoms. The van der Waals surface area contributed by atoms with Crippen molar-refractivity contribution in [2.45, 2.75) is 13.8 Å². The highest BCUT2D eigenvalue weighted by molar-refractivity contribution is 5.82. The van der Waals surface area contributed by atoms with Gasteiger partial charge in [-0.15, -0.1) is 0 Å². The lowest BCUT2D eigenvalue weighted by Gasteiger charge is -2.10. The van der Waals surface area contributed by atoms with Gasteiger partial charge in [0.25, 0.3) is 5.56 Å². The number of nitrogens with one attached hydrogen (secondary N) is 2. The molecule has 0 unspecified atom stereocenters. The molecular weight excluding hydrogens is 264 g/mol. The van der Waals surface area contributed by atoms with Crippen molar-refractivity contribution in [3.8, 4) is 0 Å². The Balaban J connectivity index is 2.07. The van der Waals surface area contributed by atoms with Crippen molar-refractivity contribution >= 4 is 28.2 Å². The minimum Gasteiger partial charge on any atom is -0.399 e. The molecule has 0 saturated carbocycles. The van der Waals surface area contributed by atoms with Crippen molar-refractivity contribution in [2.75, 3.05) is 11.1 Å². The maximum absolute atomic E-state index is 12.1. The molecular formula is C16H16N4O. The van der Waals surface area contributed by atoms with Gasteiger partial charge in [-0.25, -0.2) is 4.98 Å². The Morgan fingerprint density at radius 1 is 1.14 bits per heavy atom. The van der Waals surface area contributed by atoms with Crippen molar-refractivity contribution < 1.29 is 0 Å². The van der Waals surface area contributed by atoms with Gasteiger partial charge in [0.05, 0.1) is 10.9 Å². The van der Waals surface area contributed by atoms with Crippen molar-refractivity contribution in [3.05, 3.63) is 57.9 Å². The molecule has 0 bridgehead atoms. The van der Waals surface area contributed by atoms with Crippen LogP contribution in [0.2, 0.25) is 0 Å². The van der Waals surface area contributed by atoms with Crippen LogP contribution in [0.3, 0.4) is 0 Å². The molecule has 0 amide bonds. The molecule has 1 heterocycles. The Labute approximate surface area is 121 Å². The molecule has 0 atom stereocenters. The summed E-state index contributed by atoms with van der Waals surface area (Å²) in [6.07, 6.45) is 0. The zero-order chi connectivity index (χ0) is 15.0. The Morgan fingerprint density at radius 2 is 1.95 bits per heavy atom. The van der Waals surface area contributed by atoms with Gasteiger partial charge in [-0.1, -0.05) is 12.1 Å². The number of nitrogen functional groups attached to an aromatic ring is 1. The van der Waals surface area contributed by atoms with E-state index in [4.69, 9.17) is 5.73 Å². The lowest BCUT2D eigenvalue weighted by Crippen LogP contribution is -2.11. The maximum Gasteiger partial charge on any atom is 0.260 e. The highest BCUT2D eigenvalue weighted by atomic mass is 16.1. The highest BCUT2D eigenvalue weighted by Crippen LogP contribution is 2.20. The number of aromatic nitrogens is 2. The number of anilines is 3. The first-order valence-electron chi connectivity index (χ1n) is 6.67. The van der Waals surface area contributed by atoms with Gasteiger partial charge >= 0.3 is 0 Å². The van der Waals surface area contributed by atoms with Crippen LogP contribution in [0.25, 0.3) is 10.9 Å². The predicted molar refractivity (Wildman–Crippen MR) is 86.0 cm³/mol. The van der Waals surface area contributed by atoms with Crippen LogP contribution in [0.1, 0.15) is 11.1 Å². The second-order valence-electron chi connectivity index (χ2n) is 5.13. The van der Waals surface area contributed by atoms with Crippen LogP contribution in [-0.2, 0) is 0 Å². The molecule has 3 rings (SSSR count). The number of nitrogens with two attached hydrogens (primary N) is 1. The van der Waals surface area contributed by atoms with Crippen LogP contribution >= 0.6 is 0 Å². The Kier molecular flexibility index (Phi) is 3.10. The third-order valence-corrected chi connectivity index (χ3v) is 3.38. The summed E-state index contributed by atoms with van der Waals surface area (Å²) < 4.78 is 0. The molecule has 0 fully saturated rings. The van der Waals surface area contributed by atoms with Crippen LogP contribution in [-0.4, -0.2) is 9.97 Å². The summed E-state index contributed by atoms with van der Waals surface area (Å²) >= 11 is 0. The summed E-state index contributed by atoms with van der Waals surface area (Å²) in [6, 6.07) is 11.2. The van der Waals surface area contributed by atoms with Gasteiger partial charge in [0, 0.05) is 11.4 Å². The molecule has 21 heavy (non-hydrogen) atoms. The van der Waals surface area contributed by atoms with Gasteiger partial charge in [-0.05, 0) is 49.2 Å². The predicted octanol–water partition coefficient (Wildman–Crippen LogP) is 2.87. The Hall–Kier alpha value is -2.82. The highest BCUT2D eigenvalue weighted by Gasteiger charge is 2.06. The molecule has 3 aromatic rings. The topological polar surface area (TPSA) is 83.8 Å². The smallest absolute Gasteiger partial charge is 0.260 e. The van der Waals surface area contributed by atoms with Gasteiger partial charge in [0.15, 0.2) is 0 Å². The molecule has 0 aliphatic heterocycles. The monoisotopic (exact) mass is 280 g/mol. The normalized spacial score (nSPS) is 10.8. The first-order valence-corrected chi connectivity index (χ1v) is 6.67. The average molecular weight is 280 g/mol. The number of nitrogens with zero attached hydrogens (tertiary/aromatic N) is 1. The first-order chi connectivity index (χ1) is 10.0. The van der Waals surface area contributed by atoms with Crippen molar-refractivity contribution in [1.82, 2.24) is 9.97 Å². The zero-order valence-electron chi connectivity index (χ0n) is 11.9. The fourth-order valence-electron chi connectivity index (χ4n) is 2.21. The molecule has 0 saturated heterocycles. The third-order valence-electron chi connectivity index (χ3n) is 3.38. The molecule has 1 aromatic heterocycles. The van der Waals surface area contributed by atoms with E-state index < -0.39 is 0 Å². The minimum absolute atomic E-state index is 0.208. The van der Waals surface area contributed by atoms with E-state index in [1.165, 1.54) is 0 Å². The van der Waals surface area contributed by atoms with Gasteiger partial charge in [0.1, 0.15) is 0 Å². The summed E-state index contributed by atoms with van der Waals surface area (Å²) in [6.45, 7) is 4.02. The number of H-pyrrole nitrogens is 1. The fraction of sp³-hybridized carbons (Fsp3) is 0.125. The maximum atomic E-state index is 12.1. The minimum atomic E-state index is -0.208. The van der Waals surface area contributed by atoms with E-state index >= 15 is 0 Å². The fourth-order valence-corrected chi connectivity index (χ4v) is 2.21. The second kappa shape index (κ2) is 4.94. The molecule has 0 radical (unpaired) electrons. The van der Waals surface area contributed by atoms with Crippen LogP contribution in [0.15, 0.2) is 41.2 Å². The molecule has 106 valence electrons. The van der Waals surface area contributed by atoms with Crippen molar-refractivity contribution in [2.24, 2.45) is 0 Å². The third kappa shape index (κ3) is 2.58. The summed E-state index contributed by atoms with van der Waals surface area (Å²) in [4.78, 5) is 19.3. The van der Waals surface area contributed by atoms with Gasteiger partial charge in [-0.2, -0.15) is 0 Å². The average Bonchev–Trinajstić information content (AvgIpc) is 2.44. The van der Waals surface area contributed by atoms with Crippen molar-refractivity contribution in [1.29, 1.82) is 0 Å². The number of benzene rings is 2. The summed E-state index contributed by atoms with van der Waals surface area (Å²) in [5.74, 6) is 0.422. The van der Waals surface area contributed by atoms with Crippen molar-refractivity contribution in [3.63, 3.8) is 0 Å². The number of aryl methyl sites for hydroxylation is 2. The molecule has 2 aromatic carbocycles. The Morgan fingerprint density at radius 3 is 2.76 bits per heavy atom. The number of hydrogen-bond acceptors (Lipinski definition) is 4. The van der Waals surface area contributed by atoms with E-state index in [1.54, 1.807) is 18.2 Å².